The molecule has 0 radical (unpaired) electrons. The first-order valence-corrected chi connectivity index (χ1v) is 8.00. The average molecular weight is 399 g/mol. The summed E-state index contributed by atoms with van der Waals surface area (Å²) in [5, 5.41) is 5.03. The van der Waals surface area contributed by atoms with Gasteiger partial charge in [0.1, 0.15) is 0 Å². The summed E-state index contributed by atoms with van der Waals surface area (Å²) in [6.45, 7) is 8.39. The van der Waals surface area contributed by atoms with E-state index in [9.17, 15) is 9.59 Å². The van der Waals surface area contributed by atoms with Gasteiger partial charge in [-0.2, -0.15) is 12.5 Å². The normalized spacial score (nSPS) is 14.2. The van der Waals surface area contributed by atoms with Crippen LogP contribution in [-0.2, 0) is 16.0 Å². The molecule has 6 heteroatoms. The van der Waals surface area contributed by atoms with Crippen LogP contribution < -0.4 is 51.4 Å². The molecule has 1 heterocycles. The van der Waals surface area contributed by atoms with Crippen LogP contribution in [0.1, 0.15) is 19.4 Å². The minimum absolute atomic E-state index is 0. The van der Waals surface area contributed by atoms with Crippen molar-refractivity contribution in [1.29, 1.82) is 0 Å². The van der Waals surface area contributed by atoms with E-state index in [-0.39, 0.29) is 77.0 Å². The first-order valence-electron chi connectivity index (χ1n) is 7.63. The Morgan fingerprint density at radius 3 is 2.46 bits per heavy atom. The van der Waals surface area contributed by atoms with E-state index in [1.54, 1.807) is 0 Å². The molecule has 136 valence electrons. The van der Waals surface area contributed by atoms with Crippen molar-refractivity contribution in [2.75, 3.05) is 19.6 Å². The van der Waals surface area contributed by atoms with Crippen molar-refractivity contribution in [3.8, 4) is 12.3 Å². The fourth-order valence-electron chi connectivity index (χ4n) is 2.06. The standard InChI is InChI=1S/C11H13N2O2.C8H9Cl.CH3.K/c1-4-11(15)13-6-5-12-10(7-13)8(2)9(3)14;1-2-7-5-3-4-6-8(7)9;;/h1H,2,5-7H2,3H3,(H,12,14);3-6H,2H2,1H3;1H3;/q-1;;-1;+1/p-1. The molecule has 0 bridgehead atoms. The summed E-state index contributed by atoms with van der Waals surface area (Å²) in [4.78, 5) is 23.8. The Hall–Kier alpha value is -0.744. The van der Waals surface area contributed by atoms with Crippen molar-refractivity contribution in [3.63, 3.8) is 0 Å². The van der Waals surface area contributed by atoms with Gasteiger partial charge in [-0.25, -0.2) is 0 Å². The molecule has 1 amide bonds. The van der Waals surface area contributed by atoms with E-state index in [1.807, 2.05) is 30.2 Å². The summed E-state index contributed by atoms with van der Waals surface area (Å²) in [6, 6.07) is 7.91. The first-order chi connectivity index (χ1) is 11.4. The van der Waals surface area contributed by atoms with Crippen LogP contribution in [0, 0.1) is 26.7 Å². The number of Topliss-reactive ketones (excluding diaryl/α,β-unsaturated/α-hetero) is 1. The molecule has 2 rings (SSSR count). The molecule has 0 unspecified atom stereocenters. The van der Waals surface area contributed by atoms with Crippen LogP contribution in [0.2, 0.25) is 5.02 Å². The van der Waals surface area contributed by atoms with Crippen molar-refractivity contribution < 1.29 is 61.0 Å². The van der Waals surface area contributed by atoms with E-state index < -0.39 is 0 Å². The first kappa shape index (κ1) is 27.5. The smallest absolute Gasteiger partial charge is 0.743 e. The van der Waals surface area contributed by atoms with E-state index in [4.69, 9.17) is 18.0 Å². The predicted octanol–water partition coefficient (Wildman–Crippen LogP) is 0.869. The number of carbonyl (C=O) groups excluding carboxylic acids is 2. The third-order valence-electron chi connectivity index (χ3n) is 3.54. The molecule has 26 heavy (non-hydrogen) atoms. The molecule has 0 aromatic heterocycles. The minimum Gasteiger partial charge on any atom is -0.743 e. The molecule has 0 saturated carbocycles. The van der Waals surface area contributed by atoms with Crippen LogP contribution in [0.3, 0.4) is 0 Å². The second kappa shape index (κ2) is 14.3. The van der Waals surface area contributed by atoms with Crippen LogP contribution in [0.15, 0.2) is 35.5 Å². The van der Waals surface area contributed by atoms with Crippen molar-refractivity contribution in [2.45, 2.75) is 20.3 Å². The Morgan fingerprint density at radius 1 is 1.38 bits per heavy atom. The number of benzene rings is 1. The minimum atomic E-state index is -0.376. The van der Waals surface area contributed by atoms with Crippen molar-refractivity contribution >= 4 is 23.3 Å². The summed E-state index contributed by atoms with van der Waals surface area (Å²) >= 11 is 5.82. The number of ketones is 1. The van der Waals surface area contributed by atoms with Crippen LogP contribution in [-0.4, -0.2) is 36.2 Å². The maximum absolute atomic E-state index is 11.2. The SMILES string of the molecule is C#CC(=O)N1CC[N-]/C(=C(\[CH2-])C(C)=O)C1.CCc1ccccc1Cl.[CH3-].[K+]. The Bertz CT molecular complexity index is 681. The molecule has 1 aliphatic heterocycles. The van der Waals surface area contributed by atoms with Gasteiger partial charge in [-0.1, -0.05) is 36.7 Å². The molecular formula is C20H24ClKN2O2-2. The molecule has 0 spiro atoms. The molecule has 0 atom stereocenters. The Morgan fingerprint density at radius 2 is 2.00 bits per heavy atom. The predicted molar refractivity (Wildman–Crippen MR) is 104 cm³/mol. The van der Waals surface area contributed by atoms with E-state index in [0.717, 1.165) is 11.4 Å². The number of nitrogens with zero attached hydrogens (tertiary/aromatic N) is 2. The van der Waals surface area contributed by atoms with Crippen molar-refractivity contribution in [3.05, 3.63) is 65.8 Å². The van der Waals surface area contributed by atoms with Crippen molar-refractivity contribution in [2.24, 2.45) is 0 Å². The topological polar surface area (TPSA) is 51.5 Å². The number of hydrogen-bond donors (Lipinski definition) is 0. The van der Waals surface area contributed by atoms with Gasteiger partial charge in [0.15, 0.2) is 0 Å². The zero-order valence-electron chi connectivity index (χ0n) is 16.0. The number of rotatable bonds is 2. The van der Waals surface area contributed by atoms with E-state index in [1.165, 1.54) is 17.4 Å². The summed E-state index contributed by atoms with van der Waals surface area (Å²) in [6.07, 6.45) is 6.03. The van der Waals surface area contributed by atoms with Gasteiger partial charge in [0.05, 0.1) is 0 Å². The second-order valence-electron chi connectivity index (χ2n) is 5.18. The summed E-state index contributed by atoms with van der Waals surface area (Å²) in [5.41, 5.74) is 2.13. The van der Waals surface area contributed by atoms with Gasteiger partial charge in [-0.15, -0.1) is 13.0 Å². The van der Waals surface area contributed by atoms with Crippen LogP contribution >= 0.6 is 11.6 Å². The van der Waals surface area contributed by atoms with E-state index >= 15 is 0 Å². The third-order valence-corrected chi connectivity index (χ3v) is 3.90. The maximum Gasteiger partial charge on any atom is 1.00 e. The molecule has 1 saturated heterocycles. The van der Waals surface area contributed by atoms with Crippen LogP contribution in [0.25, 0.3) is 5.32 Å². The fourth-order valence-corrected chi connectivity index (χ4v) is 2.33. The van der Waals surface area contributed by atoms with Gasteiger partial charge >= 0.3 is 51.4 Å². The number of aryl methyl sites for hydroxylation is 1. The molecule has 0 aliphatic carbocycles. The quantitative estimate of drug-likeness (QED) is 0.321. The monoisotopic (exact) mass is 398 g/mol. The Kier molecular flexibility index (Phi) is 15.1. The number of halogens is 1. The number of terminal acetylenes is 1. The molecule has 1 aromatic carbocycles. The third kappa shape index (κ3) is 8.76. The summed E-state index contributed by atoms with van der Waals surface area (Å²) in [5.74, 6) is 1.53. The number of carbonyl (C=O) groups is 2. The molecule has 1 fully saturated rings. The zero-order valence-corrected chi connectivity index (χ0v) is 19.9. The Balaban J connectivity index is 0. The van der Waals surface area contributed by atoms with Crippen molar-refractivity contribution in [1.82, 2.24) is 4.90 Å². The fraction of sp³-hybridized carbons (Fsp3) is 0.300. The number of amides is 1. The molecule has 4 nitrogen and oxygen atoms in total. The number of piperazine rings is 1. The largest absolute Gasteiger partial charge is 1.00 e. The van der Waals surface area contributed by atoms with Gasteiger partial charge in [-0.05, 0) is 37.4 Å². The van der Waals surface area contributed by atoms with E-state index in [2.05, 4.69) is 19.2 Å². The molecule has 1 aliphatic rings. The zero-order chi connectivity index (χ0) is 18.1. The van der Waals surface area contributed by atoms with Gasteiger partial charge in [0.25, 0.3) is 5.91 Å². The van der Waals surface area contributed by atoms with E-state index in [0.29, 0.717) is 24.4 Å². The number of allylic oxidation sites excluding steroid dienone is 1. The number of hydrogen-bond acceptors (Lipinski definition) is 2. The Labute approximate surface area is 205 Å². The van der Waals surface area contributed by atoms with Gasteiger partial charge in [-0.3, -0.25) is 10.5 Å². The van der Waals surface area contributed by atoms with Gasteiger partial charge in [0.2, 0.25) is 0 Å². The second-order valence-corrected chi connectivity index (χ2v) is 5.59. The molecule has 0 N–H and O–H groups in total. The molecular weight excluding hydrogens is 375 g/mol. The van der Waals surface area contributed by atoms with Gasteiger partial charge in [0, 0.05) is 17.4 Å². The average Bonchev–Trinajstić information content (AvgIpc) is 2.61. The maximum atomic E-state index is 11.2. The van der Waals surface area contributed by atoms with Crippen LogP contribution in [0.4, 0.5) is 0 Å². The van der Waals surface area contributed by atoms with Crippen LogP contribution in [0.5, 0.6) is 0 Å². The summed E-state index contributed by atoms with van der Waals surface area (Å²) in [7, 11) is 0. The summed E-state index contributed by atoms with van der Waals surface area (Å²) < 4.78 is 0. The van der Waals surface area contributed by atoms with Gasteiger partial charge < -0.3 is 22.4 Å². The molecule has 1 aromatic rings.